The Kier molecular flexibility index (Phi) is 2.87. The topological polar surface area (TPSA) is 50.9 Å². The third-order valence-electron chi connectivity index (χ3n) is 2.14. The fourth-order valence-electron chi connectivity index (χ4n) is 1.25. The van der Waals surface area contributed by atoms with Gasteiger partial charge in [-0.1, -0.05) is 0 Å². The van der Waals surface area contributed by atoms with E-state index >= 15 is 0 Å². The molecule has 0 aliphatic carbocycles. The van der Waals surface area contributed by atoms with Crippen molar-refractivity contribution in [2.75, 3.05) is 11.1 Å². The van der Waals surface area contributed by atoms with Crippen molar-refractivity contribution in [1.29, 1.82) is 0 Å². The van der Waals surface area contributed by atoms with E-state index in [1.165, 1.54) is 0 Å². The third kappa shape index (κ3) is 2.47. The van der Waals surface area contributed by atoms with Crippen LogP contribution < -0.4 is 11.1 Å². The van der Waals surface area contributed by atoms with Crippen LogP contribution in [0.25, 0.3) is 0 Å². The fourth-order valence-corrected chi connectivity index (χ4v) is 1.99. The number of pyridine rings is 1. The number of anilines is 2. The van der Waals surface area contributed by atoms with Crippen LogP contribution >= 0.6 is 11.3 Å². The lowest BCUT2D eigenvalue weighted by Gasteiger charge is -2.05. The van der Waals surface area contributed by atoms with E-state index in [1.54, 1.807) is 11.3 Å². The summed E-state index contributed by atoms with van der Waals surface area (Å²) in [4.78, 5) is 5.37. The van der Waals surface area contributed by atoms with Crippen molar-refractivity contribution >= 4 is 22.7 Å². The molecule has 0 aliphatic heterocycles. The molecule has 0 fully saturated rings. The minimum atomic E-state index is 0.758. The van der Waals surface area contributed by atoms with Gasteiger partial charge >= 0.3 is 0 Å². The van der Waals surface area contributed by atoms with E-state index in [4.69, 9.17) is 5.73 Å². The molecule has 0 aromatic carbocycles. The monoisotopic (exact) mass is 219 g/mol. The van der Waals surface area contributed by atoms with Gasteiger partial charge in [0.25, 0.3) is 0 Å². The van der Waals surface area contributed by atoms with Crippen molar-refractivity contribution in [2.45, 2.75) is 13.5 Å². The highest BCUT2D eigenvalue weighted by molar-refractivity contribution is 7.10. The van der Waals surface area contributed by atoms with Crippen molar-refractivity contribution in [3.05, 3.63) is 40.3 Å². The van der Waals surface area contributed by atoms with Crippen LogP contribution in [0.3, 0.4) is 0 Å². The quantitative estimate of drug-likeness (QED) is 0.834. The fraction of sp³-hybridized carbons (Fsp3) is 0.182. The van der Waals surface area contributed by atoms with Gasteiger partial charge in [-0.3, -0.25) is 4.98 Å². The molecule has 2 aromatic rings. The molecule has 3 N–H and O–H groups in total. The maximum Gasteiger partial charge on any atom is 0.0529 e. The number of thiophene rings is 1. The molecule has 2 aromatic heterocycles. The SMILES string of the molecule is Cc1ccc(NCc2sccc2N)cn1. The second-order valence-corrected chi connectivity index (χ2v) is 4.34. The molecule has 15 heavy (non-hydrogen) atoms. The number of hydrogen-bond acceptors (Lipinski definition) is 4. The number of nitrogen functional groups attached to an aromatic ring is 1. The Morgan fingerprint density at radius 3 is 2.87 bits per heavy atom. The summed E-state index contributed by atoms with van der Waals surface area (Å²) in [5.41, 5.74) is 8.68. The summed E-state index contributed by atoms with van der Waals surface area (Å²) in [5.74, 6) is 0. The summed E-state index contributed by atoms with van der Waals surface area (Å²) in [6.45, 7) is 2.73. The molecule has 3 nitrogen and oxygen atoms in total. The van der Waals surface area contributed by atoms with E-state index in [9.17, 15) is 0 Å². The van der Waals surface area contributed by atoms with Crippen LogP contribution in [0.4, 0.5) is 11.4 Å². The highest BCUT2D eigenvalue weighted by atomic mass is 32.1. The van der Waals surface area contributed by atoms with Crippen LogP contribution in [-0.4, -0.2) is 4.98 Å². The van der Waals surface area contributed by atoms with E-state index < -0.39 is 0 Å². The Labute approximate surface area is 93.0 Å². The van der Waals surface area contributed by atoms with E-state index in [0.717, 1.165) is 28.5 Å². The van der Waals surface area contributed by atoms with E-state index in [-0.39, 0.29) is 0 Å². The number of aryl methyl sites for hydroxylation is 1. The first kappa shape index (κ1) is 9.98. The van der Waals surface area contributed by atoms with Gasteiger partial charge in [-0.2, -0.15) is 0 Å². The van der Waals surface area contributed by atoms with Crippen molar-refractivity contribution in [3.8, 4) is 0 Å². The van der Waals surface area contributed by atoms with Crippen LogP contribution in [0.2, 0.25) is 0 Å². The van der Waals surface area contributed by atoms with Crippen molar-refractivity contribution in [2.24, 2.45) is 0 Å². The third-order valence-corrected chi connectivity index (χ3v) is 3.08. The van der Waals surface area contributed by atoms with Gasteiger partial charge in [0.15, 0.2) is 0 Å². The zero-order chi connectivity index (χ0) is 10.7. The van der Waals surface area contributed by atoms with Gasteiger partial charge in [-0.25, -0.2) is 0 Å². The molecule has 0 unspecified atom stereocenters. The molecular weight excluding hydrogens is 206 g/mol. The minimum Gasteiger partial charge on any atom is -0.398 e. The van der Waals surface area contributed by atoms with Gasteiger partial charge in [0.2, 0.25) is 0 Å². The first-order valence-corrected chi connectivity index (χ1v) is 5.62. The van der Waals surface area contributed by atoms with Gasteiger partial charge in [-0.15, -0.1) is 11.3 Å². The Morgan fingerprint density at radius 2 is 2.27 bits per heavy atom. The number of nitrogens with two attached hydrogens (primary N) is 1. The number of nitrogens with one attached hydrogen (secondary N) is 1. The summed E-state index contributed by atoms with van der Waals surface area (Å²) < 4.78 is 0. The van der Waals surface area contributed by atoms with Crippen molar-refractivity contribution < 1.29 is 0 Å². The molecule has 0 bridgehead atoms. The lowest BCUT2D eigenvalue weighted by Crippen LogP contribution is -2.00. The molecule has 0 radical (unpaired) electrons. The van der Waals surface area contributed by atoms with Crippen LogP contribution in [0.15, 0.2) is 29.8 Å². The predicted molar refractivity (Wildman–Crippen MR) is 65.0 cm³/mol. The van der Waals surface area contributed by atoms with Crippen LogP contribution in [0.5, 0.6) is 0 Å². The molecule has 0 amide bonds. The summed E-state index contributed by atoms with van der Waals surface area (Å²) >= 11 is 1.66. The summed E-state index contributed by atoms with van der Waals surface area (Å²) in [6, 6.07) is 5.93. The molecule has 0 saturated carbocycles. The smallest absolute Gasteiger partial charge is 0.0529 e. The van der Waals surface area contributed by atoms with Gasteiger partial charge in [0, 0.05) is 16.3 Å². The van der Waals surface area contributed by atoms with E-state index in [2.05, 4.69) is 10.3 Å². The standard InChI is InChI=1S/C11H13N3S/c1-8-2-3-9(6-13-8)14-7-11-10(12)4-5-15-11/h2-6,14H,7,12H2,1H3. The first-order chi connectivity index (χ1) is 7.25. The predicted octanol–water partition coefficient (Wildman–Crippen LogP) is 2.65. The number of aromatic nitrogens is 1. The van der Waals surface area contributed by atoms with Crippen LogP contribution in [0.1, 0.15) is 10.6 Å². The normalized spacial score (nSPS) is 10.2. The first-order valence-electron chi connectivity index (χ1n) is 4.74. The molecule has 78 valence electrons. The Morgan fingerprint density at radius 1 is 1.40 bits per heavy atom. The van der Waals surface area contributed by atoms with Crippen LogP contribution in [-0.2, 0) is 6.54 Å². The Bertz CT molecular complexity index is 433. The summed E-state index contributed by atoms with van der Waals surface area (Å²) in [5, 5.41) is 5.28. The average molecular weight is 219 g/mol. The van der Waals surface area contributed by atoms with E-state index in [1.807, 2.05) is 36.7 Å². The maximum absolute atomic E-state index is 5.78. The van der Waals surface area contributed by atoms with Crippen LogP contribution in [0, 0.1) is 6.92 Å². The van der Waals surface area contributed by atoms with Gasteiger partial charge in [0.05, 0.1) is 18.4 Å². The summed E-state index contributed by atoms with van der Waals surface area (Å²) in [7, 11) is 0. The van der Waals surface area contributed by atoms with Gasteiger partial charge in [-0.05, 0) is 30.5 Å². The Balaban J connectivity index is 1.99. The molecule has 2 rings (SSSR count). The van der Waals surface area contributed by atoms with Crippen molar-refractivity contribution in [1.82, 2.24) is 4.98 Å². The largest absolute Gasteiger partial charge is 0.398 e. The molecule has 0 spiro atoms. The second-order valence-electron chi connectivity index (χ2n) is 3.34. The van der Waals surface area contributed by atoms with Crippen molar-refractivity contribution in [3.63, 3.8) is 0 Å². The lowest BCUT2D eigenvalue weighted by molar-refractivity contribution is 1.15. The number of nitrogens with zero attached hydrogens (tertiary/aromatic N) is 1. The van der Waals surface area contributed by atoms with Gasteiger partial charge < -0.3 is 11.1 Å². The highest BCUT2D eigenvalue weighted by Crippen LogP contribution is 2.20. The minimum absolute atomic E-state index is 0.758. The zero-order valence-electron chi connectivity index (χ0n) is 8.53. The number of hydrogen-bond donors (Lipinski definition) is 2. The molecule has 0 saturated heterocycles. The van der Waals surface area contributed by atoms with Gasteiger partial charge in [0.1, 0.15) is 0 Å². The molecule has 4 heteroatoms. The Hall–Kier alpha value is -1.55. The second kappa shape index (κ2) is 4.31. The van der Waals surface area contributed by atoms with E-state index in [0.29, 0.717) is 0 Å². The zero-order valence-corrected chi connectivity index (χ0v) is 9.34. The number of rotatable bonds is 3. The molecular formula is C11H13N3S. The maximum atomic E-state index is 5.78. The lowest BCUT2D eigenvalue weighted by atomic mass is 10.3. The molecule has 0 aliphatic rings. The highest BCUT2D eigenvalue weighted by Gasteiger charge is 1.99. The molecule has 0 atom stereocenters. The summed E-state index contributed by atoms with van der Waals surface area (Å²) in [6.07, 6.45) is 1.83. The average Bonchev–Trinajstić information content (AvgIpc) is 2.63. The molecule has 2 heterocycles.